The summed E-state index contributed by atoms with van der Waals surface area (Å²) in [7, 11) is 0. The molecule has 0 aliphatic carbocycles. The van der Waals surface area contributed by atoms with Crippen molar-refractivity contribution in [3.05, 3.63) is 77.3 Å². The van der Waals surface area contributed by atoms with Crippen molar-refractivity contribution in [3.63, 3.8) is 0 Å². The number of halogens is 1. The van der Waals surface area contributed by atoms with Crippen LogP contribution in [0.4, 0.5) is 0 Å². The molecule has 1 unspecified atom stereocenters. The van der Waals surface area contributed by atoms with Crippen molar-refractivity contribution in [2.24, 2.45) is 0 Å². The summed E-state index contributed by atoms with van der Waals surface area (Å²) >= 11 is 7.55. The molecule has 0 aromatic heterocycles. The normalized spacial score (nSPS) is 12.8. The lowest BCUT2D eigenvalue weighted by Crippen LogP contribution is -1.89. The first-order chi connectivity index (χ1) is 8.79. The molecule has 1 atom stereocenters. The fourth-order valence-electron chi connectivity index (χ4n) is 1.69. The lowest BCUT2D eigenvalue weighted by Gasteiger charge is -2.12. The Labute approximate surface area is 118 Å². The third kappa shape index (κ3) is 3.66. The zero-order valence-corrected chi connectivity index (χ0v) is 11.8. The lowest BCUT2D eigenvalue weighted by molar-refractivity contribution is 1.22. The summed E-state index contributed by atoms with van der Waals surface area (Å²) in [4.78, 5) is 1.25. The maximum absolute atomic E-state index is 5.74. The van der Waals surface area contributed by atoms with Crippen molar-refractivity contribution in [2.45, 2.75) is 17.1 Å². The van der Waals surface area contributed by atoms with Gasteiger partial charge < -0.3 is 0 Å². The van der Waals surface area contributed by atoms with E-state index in [-0.39, 0.29) is 5.25 Å². The second-order valence-corrected chi connectivity index (χ2v) is 5.55. The van der Waals surface area contributed by atoms with Crippen LogP contribution in [0.2, 0.25) is 0 Å². The highest BCUT2D eigenvalue weighted by atomic mass is 35.5. The summed E-state index contributed by atoms with van der Waals surface area (Å²) in [6.07, 6.45) is 2.02. The van der Waals surface area contributed by atoms with Gasteiger partial charge in [0, 0.05) is 10.4 Å². The highest BCUT2D eigenvalue weighted by Crippen LogP contribution is 2.36. The zero-order valence-electron chi connectivity index (χ0n) is 10.2. The molecule has 0 nitrogen and oxygen atoms in total. The fraction of sp³-hybridized carbons (Fsp3) is 0.125. The maximum Gasteiger partial charge on any atom is 0.0535 e. The van der Waals surface area contributed by atoms with Crippen molar-refractivity contribution >= 4 is 23.4 Å². The summed E-state index contributed by atoms with van der Waals surface area (Å²) in [5.41, 5.74) is 4.14. The van der Waals surface area contributed by atoms with E-state index >= 15 is 0 Å². The smallest absolute Gasteiger partial charge is 0.0535 e. The molecule has 2 rings (SSSR count). The molecule has 0 spiro atoms. The first kappa shape index (κ1) is 13.3. The minimum absolute atomic E-state index is 0.256. The SMILES string of the molecule is Cc1ccc(SC(/C=C/Cl)c2ccccc2)cc1. The number of hydrogen-bond donors (Lipinski definition) is 0. The number of thioether (sulfide) groups is 1. The van der Waals surface area contributed by atoms with Crippen molar-refractivity contribution in [1.29, 1.82) is 0 Å². The van der Waals surface area contributed by atoms with E-state index in [0.29, 0.717) is 0 Å². The second-order valence-electron chi connectivity index (χ2n) is 4.08. The average molecular weight is 275 g/mol. The Balaban J connectivity index is 2.19. The van der Waals surface area contributed by atoms with Crippen LogP contribution < -0.4 is 0 Å². The van der Waals surface area contributed by atoms with Gasteiger partial charge in [0.25, 0.3) is 0 Å². The molecule has 0 saturated heterocycles. The van der Waals surface area contributed by atoms with Gasteiger partial charge in [0.2, 0.25) is 0 Å². The molecule has 2 heteroatoms. The van der Waals surface area contributed by atoms with E-state index in [0.717, 1.165) is 0 Å². The van der Waals surface area contributed by atoms with Gasteiger partial charge in [-0.15, -0.1) is 11.8 Å². The Morgan fingerprint density at radius 3 is 2.28 bits per heavy atom. The number of hydrogen-bond acceptors (Lipinski definition) is 1. The molecule has 92 valence electrons. The Morgan fingerprint density at radius 1 is 1.00 bits per heavy atom. The van der Waals surface area contributed by atoms with Crippen molar-refractivity contribution in [1.82, 2.24) is 0 Å². The van der Waals surface area contributed by atoms with E-state index in [2.05, 4.69) is 55.5 Å². The third-order valence-electron chi connectivity index (χ3n) is 2.66. The highest BCUT2D eigenvalue weighted by Gasteiger charge is 2.09. The van der Waals surface area contributed by atoms with Crippen LogP contribution in [0.25, 0.3) is 0 Å². The Kier molecular flexibility index (Phi) is 4.91. The molecule has 0 N–H and O–H groups in total. The van der Waals surface area contributed by atoms with Crippen LogP contribution in [-0.2, 0) is 0 Å². The van der Waals surface area contributed by atoms with Gasteiger partial charge in [0.05, 0.1) is 5.25 Å². The number of aryl methyl sites for hydroxylation is 1. The molecular formula is C16H15ClS. The molecule has 0 fully saturated rings. The quantitative estimate of drug-likeness (QED) is 0.656. The molecular weight excluding hydrogens is 260 g/mol. The van der Waals surface area contributed by atoms with Crippen molar-refractivity contribution < 1.29 is 0 Å². The van der Waals surface area contributed by atoms with Gasteiger partial charge in [0.15, 0.2) is 0 Å². The van der Waals surface area contributed by atoms with Crippen molar-refractivity contribution in [2.75, 3.05) is 0 Å². The Morgan fingerprint density at radius 2 is 1.67 bits per heavy atom. The van der Waals surface area contributed by atoms with Gasteiger partial charge in [0.1, 0.15) is 0 Å². The van der Waals surface area contributed by atoms with Crippen LogP contribution in [0.15, 0.2) is 71.1 Å². The van der Waals surface area contributed by atoms with Gasteiger partial charge in [-0.2, -0.15) is 0 Å². The molecule has 2 aromatic carbocycles. The molecule has 0 bridgehead atoms. The van der Waals surface area contributed by atoms with Crippen LogP contribution in [0.1, 0.15) is 16.4 Å². The predicted molar refractivity (Wildman–Crippen MR) is 81.2 cm³/mol. The summed E-state index contributed by atoms with van der Waals surface area (Å²) in [6, 6.07) is 19.0. The average Bonchev–Trinajstić information content (AvgIpc) is 2.42. The van der Waals surface area contributed by atoms with Gasteiger partial charge in [-0.1, -0.05) is 65.7 Å². The second kappa shape index (κ2) is 6.67. The summed E-state index contributed by atoms with van der Waals surface area (Å²) in [5.74, 6) is 0. The van der Waals surface area contributed by atoms with Gasteiger partial charge in [-0.25, -0.2) is 0 Å². The predicted octanol–water partition coefficient (Wildman–Crippen LogP) is 5.58. The molecule has 0 aliphatic rings. The molecule has 0 heterocycles. The maximum atomic E-state index is 5.74. The Hall–Kier alpha value is -1.18. The summed E-state index contributed by atoms with van der Waals surface area (Å²) in [6.45, 7) is 2.10. The van der Waals surface area contributed by atoms with E-state index in [1.54, 1.807) is 17.3 Å². The van der Waals surface area contributed by atoms with Gasteiger partial charge in [-0.3, -0.25) is 0 Å². The third-order valence-corrected chi connectivity index (χ3v) is 4.03. The molecule has 18 heavy (non-hydrogen) atoms. The van der Waals surface area contributed by atoms with E-state index in [9.17, 15) is 0 Å². The minimum Gasteiger partial charge on any atom is -0.114 e. The molecule has 0 aliphatic heterocycles. The topological polar surface area (TPSA) is 0 Å². The van der Waals surface area contributed by atoms with Crippen molar-refractivity contribution in [3.8, 4) is 0 Å². The van der Waals surface area contributed by atoms with Gasteiger partial charge in [-0.05, 0) is 24.6 Å². The van der Waals surface area contributed by atoms with Crippen LogP contribution in [0, 0.1) is 6.92 Å². The molecule has 0 saturated carbocycles. The lowest BCUT2D eigenvalue weighted by atomic mass is 10.1. The number of benzene rings is 2. The monoisotopic (exact) mass is 274 g/mol. The molecule has 0 amide bonds. The molecule has 2 aromatic rings. The Bertz CT molecular complexity index is 502. The first-order valence-corrected chi connectivity index (χ1v) is 7.16. The molecule has 0 radical (unpaired) electrons. The van der Waals surface area contributed by atoms with E-state index < -0.39 is 0 Å². The number of rotatable bonds is 4. The minimum atomic E-state index is 0.256. The van der Waals surface area contributed by atoms with Crippen LogP contribution in [-0.4, -0.2) is 0 Å². The van der Waals surface area contributed by atoms with E-state index in [1.807, 2.05) is 12.1 Å². The van der Waals surface area contributed by atoms with E-state index in [4.69, 9.17) is 11.6 Å². The zero-order chi connectivity index (χ0) is 12.8. The fourth-order valence-corrected chi connectivity index (χ4v) is 2.96. The largest absolute Gasteiger partial charge is 0.114 e. The highest BCUT2D eigenvalue weighted by molar-refractivity contribution is 7.99. The summed E-state index contributed by atoms with van der Waals surface area (Å²) < 4.78 is 0. The van der Waals surface area contributed by atoms with E-state index in [1.165, 1.54) is 16.0 Å². The first-order valence-electron chi connectivity index (χ1n) is 5.85. The van der Waals surface area contributed by atoms with Crippen LogP contribution in [0.3, 0.4) is 0 Å². The van der Waals surface area contributed by atoms with Gasteiger partial charge >= 0.3 is 0 Å². The van der Waals surface area contributed by atoms with Crippen LogP contribution in [0.5, 0.6) is 0 Å². The van der Waals surface area contributed by atoms with Crippen LogP contribution >= 0.6 is 23.4 Å². The summed E-state index contributed by atoms with van der Waals surface area (Å²) in [5, 5.41) is 0.256. The standard InChI is InChI=1S/C16H15ClS/c1-13-7-9-15(10-8-13)18-16(11-12-17)14-5-3-2-4-6-14/h2-12,16H,1H3/b12-11+.